The van der Waals surface area contributed by atoms with E-state index in [0.717, 1.165) is 0 Å². The van der Waals surface area contributed by atoms with E-state index in [4.69, 9.17) is 0 Å². The molecule has 2 rings (SSSR count). The number of carbonyl (C=O) groups is 2. The van der Waals surface area contributed by atoms with Crippen LogP contribution < -0.4 is 0 Å². The third kappa shape index (κ3) is 1.33. The van der Waals surface area contributed by atoms with Gasteiger partial charge in [0.1, 0.15) is 17.0 Å². The van der Waals surface area contributed by atoms with Crippen molar-refractivity contribution < 1.29 is 19.1 Å². The number of rotatable bonds is 2. The molecule has 0 heterocycles. The Bertz CT molecular complexity index is 471. The van der Waals surface area contributed by atoms with Crippen LogP contribution in [0.2, 0.25) is 0 Å². The monoisotopic (exact) mass is 222 g/mol. The molecule has 0 radical (unpaired) electrons. The summed E-state index contributed by atoms with van der Waals surface area (Å²) in [6, 6.07) is 4.35. The molecule has 1 aromatic carbocycles. The summed E-state index contributed by atoms with van der Waals surface area (Å²) < 4.78 is 13.4. The molecule has 0 atom stereocenters. The smallest absolute Gasteiger partial charge is 0.315 e. The first-order valence-electron chi connectivity index (χ1n) is 4.98. The number of ketones is 1. The minimum atomic E-state index is -1.21. The molecule has 1 aromatic rings. The van der Waals surface area contributed by atoms with Gasteiger partial charge >= 0.3 is 5.97 Å². The van der Waals surface area contributed by atoms with Gasteiger partial charge in [-0.3, -0.25) is 9.59 Å². The fourth-order valence-corrected chi connectivity index (χ4v) is 2.20. The van der Waals surface area contributed by atoms with Crippen LogP contribution in [0.1, 0.15) is 24.0 Å². The Morgan fingerprint density at radius 2 is 2.06 bits per heavy atom. The fraction of sp³-hybridized carbons (Fsp3) is 0.333. The molecule has 0 aliphatic heterocycles. The van der Waals surface area contributed by atoms with E-state index in [1.807, 2.05) is 0 Å². The predicted octanol–water partition coefficient (Wildman–Crippen LogP) is 1.82. The molecule has 16 heavy (non-hydrogen) atoms. The third-order valence-corrected chi connectivity index (χ3v) is 3.19. The van der Waals surface area contributed by atoms with Crippen molar-refractivity contribution in [2.45, 2.75) is 25.2 Å². The van der Waals surface area contributed by atoms with Crippen molar-refractivity contribution >= 4 is 11.8 Å². The Morgan fingerprint density at radius 1 is 1.44 bits per heavy atom. The van der Waals surface area contributed by atoms with E-state index in [1.54, 1.807) is 6.07 Å². The van der Waals surface area contributed by atoms with Crippen molar-refractivity contribution in [3.05, 3.63) is 35.1 Å². The Balaban J connectivity index is 2.53. The van der Waals surface area contributed by atoms with Crippen LogP contribution in [0.3, 0.4) is 0 Å². The highest BCUT2D eigenvalue weighted by atomic mass is 19.1. The molecular formula is C12H11FO3. The molecule has 84 valence electrons. The van der Waals surface area contributed by atoms with Crippen LogP contribution in [0.5, 0.6) is 0 Å². The second-order valence-electron chi connectivity index (χ2n) is 4.19. The standard InChI is InChI=1S/C12H11FO3/c1-7-9(3-2-4-10(7)13)12(11(15)16)5-8(14)6-12/h2-4H,5-6H2,1H3,(H,15,16). The van der Waals surface area contributed by atoms with Crippen molar-refractivity contribution in [2.24, 2.45) is 0 Å². The van der Waals surface area contributed by atoms with Crippen molar-refractivity contribution in [3.63, 3.8) is 0 Å². The van der Waals surface area contributed by atoms with Gasteiger partial charge in [0, 0.05) is 12.8 Å². The molecule has 0 unspecified atom stereocenters. The maximum Gasteiger partial charge on any atom is 0.315 e. The molecule has 1 aliphatic rings. The quantitative estimate of drug-likeness (QED) is 0.830. The number of hydrogen-bond acceptors (Lipinski definition) is 2. The van der Waals surface area contributed by atoms with Gasteiger partial charge in [-0.15, -0.1) is 0 Å². The highest BCUT2D eigenvalue weighted by Gasteiger charge is 2.52. The van der Waals surface area contributed by atoms with Crippen molar-refractivity contribution in [2.75, 3.05) is 0 Å². The Kier molecular flexibility index (Phi) is 2.30. The first kappa shape index (κ1) is 10.8. The van der Waals surface area contributed by atoms with E-state index in [1.165, 1.54) is 19.1 Å². The number of aliphatic carboxylic acids is 1. The lowest BCUT2D eigenvalue weighted by Gasteiger charge is -2.37. The number of benzene rings is 1. The Labute approximate surface area is 91.9 Å². The number of halogens is 1. The molecule has 3 nitrogen and oxygen atoms in total. The van der Waals surface area contributed by atoms with Crippen LogP contribution in [0.4, 0.5) is 4.39 Å². The molecular weight excluding hydrogens is 211 g/mol. The van der Waals surface area contributed by atoms with Crippen molar-refractivity contribution in [3.8, 4) is 0 Å². The van der Waals surface area contributed by atoms with Gasteiger partial charge in [0.25, 0.3) is 0 Å². The average molecular weight is 222 g/mol. The summed E-state index contributed by atoms with van der Waals surface area (Å²) in [5.74, 6) is -1.58. The number of Topliss-reactive ketones (excluding diaryl/α,β-unsaturated/α-hetero) is 1. The number of carboxylic acid groups (broad SMARTS) is 1. The normalized spacial score (nSPS) is 18.0. The number of hydrogen-bond donors (Lipinski definition) is 1. The van der Waals surface area contributed by atoms with Gasteiger partial charge in [0.15, 0.2) is 0 Å². The minimum Gasteiger partial charge on any atom is -0.481 e. The van der Waals surface area contributed by atoms with Gasteiger partial charge in [-0.25, -0.2) is 4.39 Å². The van der Waals surface area contributed by atoms with Crippen LogP contribution in [0.15, 0.2) is 18.2 Å². The molecule has 4 heteroatoms. The van der Waals surface area contributed by atoms with Crippen molar-refractivity contribution in [1.29, 1.82) is 0 Å². The molecule has 1 N–H and O–H groups in total. The van der Waals surface area contributed by atoms with Crippen LogP contribution in [0.25, 0.3) is 0 Å². The second-order valence-corrected chi connectivity index (χ2v) is 4.19. The first-order chi connectivity index (χ1) is 7.47. The summed E-state index contributed by atoms with van der Waals surface area (Å²) in [7, 11) is 0. The zero-order valence-corrected chi connectivity index (χ0v) is 8.79. The molecule has 0 saturated heterocycles. The largest absolute Gasteiger partial charge is 0.481 e. The second kappa shape index (κ2) is 3.40. The average Bonchev–Trinajstić information content (AvgIpc) is 2.17. The molecule has 0 aromatic heterocycles. The lowest BCUT2D eigenvalue weighted by atomic mass is 9.62. The van der Waals surface area contributed by atoms with Gasteiger partial charge in [0.2, 0.25) is 0 Å². The van der Waals surface area contributed by atoms with Gasteiger partial charge in [-0.2, -0.15) is 0 Å². The zero-order chi connectivity index (χ0) is 11.9. The maximum absolute atomic E-state index is 13.4. The topological polar surface area (TPSA) is 54.4 Å². The minimum absolute atomic E-state index is 0.0351. The molecule has 1 saturated carbocycles. The van der Waals surface area contributed by atoms with Crippen LogP contribution >= 0.6 is 0 Å². The maximum atomic E-state index is 13.4. The highest BCUT2D eigenvalue weighted by Crippen LogP contribution is 2.43. The van der Waals surface area contributed by atoms with Gasteiger partial charge in [-0.05, 0) is 24.1 Å². The van der Waals surface area contributed by atoms with Gasteiger partial charge in [0.05, 0.1) is 0 Å². The van der Waals surface area contributed by atoms with Gasteiger partial charge in [-0.1, -0.05) is 12.1 Å². The predicted molar refractivity (Wildman–Crippen MR) is 54.7 cm³/mol. The van der Waals surface area contributed by atoms with Crippen molar-refractivity contribution in [1.82, 2.24) is 0 Å². The molecule has 1 fully saturated rings. The van der Waals surface area contributed by atoms with E-state index in [2.05, 4.69) is 0 Å². The van der Waals surface area contributed by atoms with Crippen LogP contribution in [-0.2, 0) is 15.0 Å². The lowest BCUT2D eigenvalue weighted by molar-refractivity contribution is -0.153. The van der Waals surface area contributed by atoms with E-state index < -0.39 is 17.2 Å². The molecule has 0 amide bonds. The molecule has 0 spiro atoms. The Morgan fingerprint density at radius 3 is 2.56 bits per heavy atom. The number of carbonyl (C=O) groups excluding carboxylic acids is 1. The molecule has 0 bridgehead atoms. The van der Waals surface area contributed by atoms with Crippen LogP contribution in [0, 0.1) is 12.7 Å². The Hall–Kier alpha value is -1.71. The zero-order valence-electron chi connectivity index (χ0n) is 8.79. The SMILES string of the molecule is Cc1c(F)cccc1C1(C(=O)O)CC(=O)C1. The molecule has 1 aliphatic carbocycles. The third-order valence-electron chi connectivity index (χ3n) is 3.19. The van der Waals surface area contributed by atoms with E-state index in [-0.39, 0.29) is 18.6 Å². The summed E-state index contributed by atoms with van der Waals surface area (Å²) >= 11 is 0. The summed E-state index contributed by atoms with van der Waals surface area (Å²) in [4.78, 5) is 22.3. The van der Waals surface area contributed by atoms with Crippen LogP contribution in [-0.4, -0.2) is 16.9 Å². The van der Waals surface area contributed by atoms with Gasteiger partial charge < -0.3 is 5.11 Å². The summed E-state index contributed by atoms with van der Waals surface area (Å²) in [6.45, 7) is 1.54. The summed E-state index contributed by atoms with van der Waals surface area (Å²) in [5.41, 5.74) is -0.472. The number of carboxylic acids is 1. The van der Waals surface area contributed by atoms with E-state index >= 15 is 0 Å². The summed E-state index contributed by atoms with van der Waals surface area (Å²) in [6.07, 6.45) is -0.0702. The lowest BCUT2D eigenvalue weighted by Crippen LogP contribution is -2.48. The summed E-state index contributed by atoms with van der Waals surface area (Å²) in [5, 5.41) is 9.20. The first-order valence-corrected chi connectivity index (χ1v) is 4.98. The fourth-order valence-electron chi connectivity index (χ4n) is 2.20. The van der Waals surface area contributed by atoms with E-state index in [9.17, 15) is 19.1 Å². The van der Waals surface area contributed by atoms with E-state index in [0.29, 0.717) is 11.1 Å². The highest BCUT2D eigenvalue weighted by molar-refractivity contribution is 6.01.